The van der Waals surface area contributed by atoms with Crippen LogP contribution in [0.15, 0.2) is 54.6 Å². The highest BCUT2D eigenvalue weighted by Crippen LogP contribution is 2.42. The summed E-state index contributed by atoms with van der Waals surface area (Å²) in [6.45, 7) is 0. The molecule has 0 bridgehead atoms. The van der Waals surface area contributed by atoms with Crippen LogP contribution in [0.5, 0.6) is 17.2 Å². The number of rotatable bonds is 2. The topological polar surface area (TPSA) is 67.8 Å². The number of halogens is 2. The van der Waals surface area contributed by atoms with Crippen LogP contribution < -0.4 is 14.8 Å². The predicted molar refractivity (Wildman–Crippen MR) is 86.2 cm³/mol. The molecule has 1 heterocycles. The Bertz CT molecular complexity index is 1000. The minimum atomic E-state index is -3.72. The second-order valence-corrected chi connectivity index (χ2v) is 5.46. The zero-order valence-electron chi connectivity index (χ0n) is 12.6. The van der Waals surface area contributed by atoms with E-state index in [0.29, 0.717) is 5.39 Å². The van der Waals surface area contributed by atoms with E-state index in [2.05, 4.69) is 14.8 Å². The van der Waals surface area contributed by atoms with Crippen molar-refractivity contribution in [3.8, 4) is 17.2 Å². The molecule has 0 saturated carbocycles. The molecule has 3 aromatic rings. The Morgan fingerprint density at radius 3 is 2.60 bits per heavy atom. The van der Waals surface area contributed by atoms with Gasteiger partial charge >= 0.3 is 6.29 Å². The van der Waals surface area contributed by atoms with Crippen molar-refractivity contribution in [1.82, 2.24) is 0 Å². The van der Waals surface area contributed by atoms with Crippen molar-refractivity contribution in [2.75, 3.05) is 5.32 Å². The molecule has 4 rings (SSSR count). The lowest BCUT2D eigenvalue weighted by Crippen LogP contribution is -2.25. The van der Waals surface area contributed by atoms with Crippen molar-refractivity contribution < 1.29 is 28.2 Å². The second-order valence-electron chi connectivity index (χ2n) is 5.46. The number of benzene rings is 3. The first-order chi connectivity index (χ1) is 11.9. The van der Waals surface area contributed by atoms with Crippen LogP contribution in [-0.2, 0) is 0 Å². The molecule has 0 unspecified atom stereocenters. The molecule has 25 heavy (non-hydrogen) atoms. The largest absolute Gasteiger partial charge is 0.586 e. The third-order valence-electron chi connectivity index (χ3n) is 3.79. The van der Waals surface area contributed by atoms with Crippen LogP contribution in [0.2, 0.25) is 0 Å². The lowest BCUT2D eigenvalue weighted by atomic mass is 10.0. The molecule has 1 aliphatic heterocycles. The van der Waals surface area contributed by atoms with Gasteiger partial charge in [-0.05, 0) is 29.0 Å². The number of phenolic OH excluding ortho intramolecular Hbond substituents is 1. The number of fused-ring (bicyclic) bond motifs is 2. The number of phenols is 1. The molecule has 0 aromatic heterocycles. The van der Waals surface area contributed by atoms with E-state index in [9.17, 15) is 18.7 Å². The summed E-state index contributed by atoms with van der Waals surface area (Å²) in [5.41, 5.74) is 0.332. The summed E-state index contributed by atoms with van der Waals surface area (Å²) in [5.74, 6) is -1.04. The highest BCUT2D eigenvalue weighted by molar-refractivity contribution is 6.15. The van der Waals surface area contributed by atoms with Crippen LogP contribution in [0.4, 0.5) is 14.5 Å². The van der Waals surface area contributed by atoms with Crippen molar-refractivity contribution in [2.24, 2.45) is 0 Å². The Labute approximate surface area is 140 Å². The molecule has 0 radical (unpaired) electrons. The molecular formula is C18H11F2NO4. The summed E-state index contributed by atoms with van der Waals surface area (Å²) >= 11 is 0. The van der Waals surface area contributed by atoms with E-state index in [1.807, 2.05) is 12.1 Å². The monoisotopic (exact) mass is 343 g/mol. The molecule has 0 spiro atoms. The minimum absolute atomic E-state index is 0.0982. The second kappa shape index (κ2) is 5.34. The summed E-state index contributed by atoms with van der Waals surface area (Å²) in [6, 6.07) is 14.1. The standard InChI is InChI=1S/C18H11F2NO4/c19-18(20)24-14-8-6-11(9-15(14)25-18)21-17(23)16-12-4-2-1-3-10(12)5-7-13(16)22/h1-9,22H,(H,21,23). The van der Waals surface area contributed by atoms with Crippen LogP contribution in [0.3, 0.4) is 0 Å². The Morgan fingerprint density at radius 2 is 1.76 bits per heavy atom. The van der Waals surface area contributed by atoms with Crippen molar-refractivity contribution in [2.45, 2.75) is 6.29 Å². The number of aromatic hydroxyl groups is 1. The Kier molecular flexibility index (Phi) is 3.24. The third kappa shape index (κ3) is 2.69. The first-order valence-corrected chi connectivity index (χ1v) is 7.35. The van der Waals surface area contributed by atoms with E-state index in [1.165, 1.54) is 24.3 Å². The van der Waals surface area contributed by atoms with Gasteiger partial charge in [-0.1, -0.05) is 30.3 Å². The molecule has 0 aliphatic carbocycles. The normalized spacial score (nSPS) is 14.5. The number of alkyl halides is 2. The fourth-order valence-electron chi connectivity index (χ4n) is 2.72. The van der Waals surface area contributed by atoms with Crippen LogP contribution in [0.1, 0.15) is 10.4 Å². The Morgan fingerprint density at radius 1 is 1.00 bits per heavy atom. The van der Waals surface area contributed by atoms with Crippen molar-refractivity contribution >= 4 is 22.4 Å². The molecule has 5 nitrogen and oxygen atoms in total. The molecule has 3 aromatic carbocycles. The van der Waals surface area contributed by atoms with Gasteiger partial charge in [0.1, 0.15) is 5.75 Å². The quantitative estimate of drug-likeness (QED) is 0.734. The fraction of sp³-hybridized carbons (Fsp3) is 0.0556. The highest BCUT2D eigenvalue weighted by Gasteiger charge is 2.43. The SMILES string of the molecule is O=C(Nc1ccc2c(c1)OC(F)(F)O2)c1c(O)ccc2ccccc12. The van der Waals surface area contributed by atoms with Crippen molar-refractivity contribution in [3.63, 3.8) is 0 Å². The van der Waals surface area contributed by atoms with Gasteiger partial charge in [-0.2, -0.15) is 0 Å². The number of nitrogens with one attached hydrogen (secondary N) is 1. The third-order valence-corrected chi connectivity index (χ3v) is 3.79. The van der Waals surface area contributed by atoms with Gasteiger partial charge < -0.3 is 19.9 Å². The average molecular weight is 343 g/mol. The molecule has 126 valence electrons. The van der Waals surface area contributed by atoms with Crippen LogP contribution in [0, 0.1) is 0 Å². The number of hydrogen-bond acceptors (Lipinski definition) is 4. The predicted octanol–water partition coefficient (Wildman–Crippen LogP) is 4.12. The van der Waals surface area contributed by atoms with E-state index in [0.717, 1.165) is 5.39 Å². The summed E-state index contributed by atoms with van der Waals surface area (Å²) in [4.78, 5) is 12.6. The molecule has 0 atom stereocenters. The Balaban J connectivity index is 1.67. The van der Waals surface area contributed by atoms with Crippen molar-refractivity contribution in [1.29, 1.82) is 0 Å². The van der Waals surface area contributed by atoms with Crippen LogP contribution in [0.25, 0.3) is 10.8 Å². The van der Waals surface area contributed by atoms with Gasteiger partial charge in [-0.3, -0.25) is 4.79 Å². The molecule has 0 fully saturated rings. The van der Waals surface area contributed by atoms with Gasteiger partial charge in [0.05, 0.1) is 5.56 Å². The summed E-state index contributed by atoms with van der Waals surface area (Å²) in [6.07, 6.45) is -3.72. The maximum atomic E-state index is 13.1. The fourth-order valence-corrected chi connectivity index (χ4v) is 2.72. The molecule has 1 aliphatic rings. The number of ether oxygens (including phenoxy) is 2. The van der Waals surface area contributed by atoms with Gasteiger partial charge in [-0.25, -0.2) is 0 Å². The van der Waals surface area contributed by atoms with Gasteiger partial charge in [0, 0.05) is 11.8 Å². The average Bonchev–Trinajstić information content (AvgIpc) is 2.87. The number of anilines is 1. The van der Waals surface area contributed by atoms with Crippen LogP contribution >= 0.6 is 0 Å². The van der Waals surface area contributed by atoms with E-state index < -0.39 is 12.2 Å². The van der Waals surface area contributed by atoms with Gasteiger partial charge in [0.25, 0.3) is 5.91 Å². The van der Waals surface area contributed by atoms with E-state index >= 15 is 0 Å². The first-order valence-electron chi connectivity index (χ1n) is 7.35. The number of carbonyl (C=O) groups excluding carboxylic acids is 1. The number of carbonyl (C=O) groups is 1. The lowest BCUT2D eigenvalue weighted by Gasteiger charge is -2.10. The summed E-state index contributed by atoms with van der Waals surface area (Å²) in [7, 11) is 0. The maximum Gasteiger partial charge on any atom is 0.586 e. The van der Waals surface area contributed by atoms with E-state index in [-0.39, 0.29) is 28.5 Å². The number of hydrogen-bond donors (Lipinski definition) is 2. The highest BCUT2D eigenvalue weighted by atomic mass is 19.3. The molecule has 7 heteroatoms. The van der Waals surface area contributed by atoms with Crippen LogP contribution in [-0.4, -0.2) is 17.3 Å². The minimum Gasteiger partial charge on any atom is -0.507 e. The first kappa shape index (κ1) is 15.2. The maximum absolute atomic E-state index is 13.1. The van der Waals surface area contributed by atoms with Gasteiger partial charge in [0.15, 0.2) is 11.5 Å². The summed E-state index contributed by atoms with van der Waals surface area (Å²) < 4.78 is 34.8. The molecule has 2 N–H and O–H groups in total. The molecular weight excluding hydrogens is 332 g/mol. The lowest BCUT2D eigenvalue weighted by molar-refractivity contribution is -0.286. The smallest absolute Gasteiger partial charge is 0.507 e. The van der Waals surface area contributed by atoms with Crippen molar-refractivity contribution in [3.05, 3.63) is 60.2 Å². The van der Waals surface area contributed by atoms with E-state index in [4.69, 9.17) is 0 Å². The zero-order chi connectivity index (χ0) is 17.6. The molecule has 0 saturated heterocycles. The van der Waals surface area contributed by atoms with Gasteiger partial charge in [-0.15, -0.1) is 8.78 Å². The number of amides is 1. The zero-order valence-corrected chi connectivity index (χ0v) is 12.6. The van der Waals surface area contributed by atoms with Gasteiger partial charge in [0.2, 0.25) is 0 Å². The summed E-state index contributed by atoms with van der Waals surface area (Å²) in [5, 5.41) is 14.0. The Hall–Kier alpha value is -3.35. The van der Waals surface area contributed by atoms with E-state index in [1.54, 1.807) is 18.2 Å². The molecule has 1 amide bonds.